The van der Waals surface area contributed by atoms with Crippen LogP contribution in [0.25, 0.3) is 0 Å². The van der Waals surface area contributed by atoms with Crippen LogP contribution in [0.15, 0.2) is 0 Å². The normalized spacial score (nSPS) is 27.2. The van der Waals surface area contributed by atoms with Crippen LogP contribution in [0.5, 0.6) is 0 Å². The van der Waals surface area contributed by atoms with Gasteiger partial charge < -0.3 is 15.3 Å². The van der Waals surface area contributed by atoms with E-state index < -0.39 is 0 Å². The Morgan fingerprint density at radius 3 is 2.67 bits per heavy atom. The van der Waals surface area contributed by atoms with Gasteiger partial charge in [0.2, 0.25) is 5.91 Å². The molecule has 4 heteroatoms. The molecule has 2 rings (SSSR count). The predicted molar refractivity (Wildman–Crippen MR) is 85.1 cm³/mol. The van der Waals surface area contributed by atoms with Crippen molar-refractivity contribution < 1.29 is 9.90 Å². The van der Waals surface area contributed by atoms with E-state index in [9.17, 15) is 4.79 Å². The SMILES string of the molecule is CCCC(=O)N1CC(CCCO)CC(NC2CCCC2)C1. The van der Waals surface area contributed by atoms with Crippen molar-refractivity contribution in [3.8, 4) is 0 Å². The van der Waals surface area contributed by atoms with Gasteiger partial charge in [-0.3, -0.25) is 4.79 Å². The van der Waals surface area contributed by atoms with E-state index in [-0.39, 0.29) is 6.61 Å². The first-order chi connectivity index (χ1) is 10.2. The molecule has 1 aliphatic carbocycles. The van der Waals surface area contributed by atoms with Crippen LogP contribution in [0, 0.1) is 5.92 Å². The van der Waals surface area contributed by atoms with Gasteiger partial charge >= 0.3 is 0 Å². The minimum Gasteiger partial charge on any atom is -0.396 e. The number of aliphatic hydroxyl groups is 1. The van der Waals surface area contributed by atoms with Gasteiger partial charge in [0.05, 0.1) is 0 Å². The third-order valence-electron chi connectivity index (χ3n) is 4.95. The lowest BCUT2D eigenvalue weighted by Crippen LogP contribution is -2.53. The zero-order chi connectivity index (χ0) is 15.1. The second kappa shape index (κ2) is 8.74. The molecule has 2 fully saturated rings. The highest BCUT2D eigenvalue weighted by Gasteiger charge is 2.30. The molecule has 0 aromatic carbocycles. The number of hydrogen-bond acceptors (Lipinski definition) is 3. The Morgan fingerprint density at radius 2 is 2.00 bits per heavy atom. The molecule has 0 spiro atoms. The first kappa shape index (κ1) is 16.8. The van der Waals surface area contributed by atoms with Gasteiger partial charge in [-0.15, -0.1) is 0 Å². The minimum absolute atomic E-state index is 0.264. The van der Waals surface area contributed by atoms with Crippen molar-refractivity contribution in [3.63, 3.8) is 0 Å². The standard InChI is InChI=1S/C17H32N2O2/c1-2-6-17(21)19-12-14(7-5-10-20)11-16(13-19)18-15-8-3-4-9-15/h14-16,18,20H,2-13H2,1H3. The third-order valence-corrected chi connectivity index (χ3v) is 4.95. The topological polar surface area (TPSA) is 52.6 Å². The number of nitrogens with one attached hydrogen (secondary N) is 1. The molecule has 2 aliphatic rings. The smallest absolute Gasteiger partial charge is 0.222 e. The van der Waals surface area contributed by atoms with Crippen LogP contribution in [0.4, 0.5) is 0 Å². The van der Waals surface area contributed by atoms with Gasteiger partial charge in [-0.05, 0) is 44.4 Å². The Bertz CT molecular complexity index is 316. The van der Waals surface area contributed by atoms with Gasteiger partial charge in [0.25, 0.3) is 0 Å². The quantitative estimate of drug-likeness (QED) is 0.758. The number of likely N-dealkylation sites (tertiary alicyclic amines) is 1. The molecular weight excluding hydrogens is 264 g/mol. The molecule has 2 N–H and O–H groups in total. The average molecular weight is 296 g/mol. The summed E-state index contributed by atoms with van der Waals surface area (Å²) >= 11 is 0. The van der Waals surface area contributed by atoms with Crippen molar-refractivity contribution >= 4 is 5.91 Å². The van der Waals surface area contributed by atoms with Crippen molar-refractivity contribution in [2.75, 3.05) is 19.7 Å². The fourth-order valence-corrected chi connectivity index (χ4v) is 3.91. The summed E-state index contributed by atoms with van der Waals surface area (Å²) in [6.07, 6.45) is 9.92. The van der Waals surface area contributed by atoms with E-state index in [0.717, 1.165) is 38.8 Å². The van der Waals surface area contributed by atoms with E-state index in [2.05, 4.69) is 17.1 Å². The Labute approximate surface area is 129 Å². The predicted octanol–water partition coefficient (Wildman–Crippen LogP) is 2.31. The van der Waals surface area contributed by atoms with Crippen LogP contribution >= 0.6 is 0 Å². The molecule has 1 saturated carbocycles. The highest BCUT2D eigenvalue weighted by molar-refractivity contribution is 5.76. The van der Waals surface area contributed by atoms with Gasteiger partial charge in [0.1, 0.15) is 0 Å². The molecule has 2 unspecified atom stereocenters. The summed E-state index contributed by atoms with van der Waals surface area (Å²) < 4.78 is 0. The van der Waals surface area contributed by atoms with Gasteiger partial charge in [-0.25, -0.2) is 0 Å². The number of aliphatic hydroxyl groups excluding tert-OH is 1. The van der Waals surface area contributed by atoms with E-state index in [1.807, 2.05) is 0 Å². The molecule has 21 heavy (non-hydrogen) atoms. The van der Waals surface area contributed by atoms with Gasteiger partial charge in [-0.2, -0.15) is 0 Å². The minimum atomic E-state index is 0.264. The molecule has 1 heterocycles. The Hall–Kier alpha value is -0.610. The molecule has 0 radical (unpaired) electrons. The number of nitrogens with zero attached hydrogens (tertiary/aromatic N) is 1. The molecule has 1 aliphatic heterocycles. The van der Waals surface area contributed by atoms with Crippen LogP contribution in [-0.4, -0.2) is 47.7 Å². The summed E-state index contributed by atoms with van der Waals surface area (Å²) in [5.74, 6) is 0.857. The number of hydrogen-bond donors (Lipinski definition) is 2. The second-order valence-electron chi connectivity index (χ2n) is 6.86. The van der Waals surface area contributed by atoms with Crippen LogP contribution in [0.1, 0.15) is 64.7 Å². The largest absolute Gasteiger partial charge is 0.396 e. The number of carbonyl (C=O) groups is 1. The van der Waals surface area contributed by atoms with E-state index in [1.54, 1.807) is 0 Å². The van der Waals surface area contributed by atoms with Crippen molar-refractivity contribution in [1.29, 1.82) is 0 Å². The molecule has 1 amide bonds. The second-order valence-corrected chi connectivity index (χ2v) is 6.86. The average Bonchev–Trinajstić information content (AvgIpc) is 2.98. The Kier molecular flexibility index (Phi) is 6.97. The van der Waals surface area contributed by atoms with Crippen LogP contribution in [-0.2, 0) is 4.79 Å². The molecule has 0 aromatic rings. The highest BCUT2D eigenvalue weighted by atomic mass is 16.2. The van der Waals surface area contributed by atoms with Crippen LogP contribution < -0.4 is 5.32 Å². The molecule has 0 aromatic heterocycles. The van der Waals surface area contributed by atoms with E-state index in [4.69, 9.17) is 5.11 Å². The number of amides is 1. The summed E-state index contributed by atoms with van der Waals surface area (Å²) in [4.78, 5) is 14.3. The monoisotopic (exact) mass is 296 g/mol. The lowest BCUT2D eigenvalue weighted by Gasteiger charge is -2.39. The summed E-state index contributed by atoms with van der Waals surface area (Å²) in [6, 6.07) is 1.11. The number of piperidine rings is 1. The fraction of sp³-hybridized carbons (Fsp3) is 0.941. The zero-order valence-electron chi connectivity index (χ0n) is 13.5. The van der Waals surface area contributed by atoms with Gasteiger partial charge in [-0.1, -0.05) is 19.8 Å². The van der Waals surface area contributed by atoms with E-state index >= 15 is 0 Å². The first-order valence-electron chi connectivity index (χ1n) is 8.87. The summed E-state index contributed by atoms with van der Waals surface area (Å²) in [6.45, 7) is 4.10. The van der Waals surface area contributed by atoms with E-state index in [0.29, 0.717) is 30.3 Å². The molecule has 2 atom stereocenters. The number of rotatable bonds is 7. The Balaban J connectivity index is 1.90. The van der Waals surface area contributed by atoms with Gasteiger partial charge in [0.15, 0.2) is 0 Å². The fourth-order valence-electron chi connectivity index (χ4n) is 3.91. The molecule has 4 nitrogen and oxygen atoms in total. The maximum atomic E-state index is 12.2. The summed E-state index contributed by atoms with van der Waals surface area (Å²) in [7, 11) is 0. The van der Waals surface area contributed by atoms with Crippen molar-refractivity contribution in [3.05, 3.63) is 0 Å². The molecular formula is C17H32N2O2. The van der Waals surface area contributed by atoms with Crippen molar-refractivity contribution in [1.82, 2.24) is 10.2 Å². The van der Waals surface area contributed by atoms with Gasteiger partial charge in [0, 0.05) is 38.2 Å². The lowest BCUT2D eigenvalue weighted by molar-refractivity contribution is -0.133. The first-order valence-corrected chi connectivity index (χ1v) is 8.87. The maximum Gasteiger partial charge on any atom is 0.222 e. The van der Waals surface area contributed by atoms with Crippen LogP contribution in [0.3, 0.4) is 0 Å². The van der Waals surface area contributed by atoms with Crippen molar-refractivity contribution in [2.45, 2.75) is 76.8 Å². The lowest BCUT2D eigenvalue weighted by atomic mass is 9.89. The van der Waals surface area contributed by atoms with Crippen molar-refractivity contribution in [2.24, 2.45) is 5.92 Å². The Morgan fingerprint density at radius 1 is 1.24 bits per heavy atom. The van der Waals surface area contributed by atoms with E-state index in [1.165, 1.54) is 25.7 Å². The summed E-state index contributed by atoms with van der Waals surface area (Å²) in [5, 5.41) is 12.9. The van der Waals surface area contributed by atoms with Crippen LogP contribution in [0.2, 0.25) is 0 Å². The molecule has 1 saturated heterocycles. The number of carbonyl (C=O) groups excluding carboxylic acids is 1. The zero-order valence-corrected chi connectivity index (χ0v) is 13.5. The molecule has 0 bridgehead atoms. The highest BCUT2D eigenvalue weighted by Crippen LogP contribution is 2.25. The maximum absolute atomic E-state index is 12.2. The molecule has 122 valence electrons. The summed E-state index contributed by atoms with van der Waals surface area (Å²) in [5.41, 5.74) is 0. The third kappa shape index (κ3) is 5.26.